The van der Waals surface area contributed by atoms with Crippen LogP contribution in [0.2, 0.25) is 0 Å². The van der Waals surface area contributed by atoms with Crippen LogP contribution < -0.4 is 0 Å². The van der Waals surface area contributed by atoms with E-state index in [1.165, 1.54) is 5.57 Å². The van der Waals surface area contributed by atoms with Crippen LogP contribution in [-0.4, -0.2) is 42.5 Å². The number of aliphatic hydroxyl groups excluding tert-OH is 1. The predicted octanol–water partition coefficient (Wildman–Crippen LogP) is 3.49. The standard InChI is InChI=1S/C17H31NO3/c1-6-20-16(21-7-2)9-8-14(13(3)12-19)15-10-11-17(4,5)18-15/h16,19H,6-12H2,1-5H3/b14-13-. The first kappa shape index (κ1) is 18.3. The molecule has 1 rings (SSSR count). The molecule has 4 heteroatoms. The fraction of sp³-hybridized carbons (Fsp3) is 0.824. The Morgan fingerprint density at radius 3 is 2.33 bits per heavy atom. The van der Waals surface area contributed by atoms with Gasteiger partial charge >= 0.3 is 0 Å². The fourth-order valence-corrected chi connectivity index (χ4v) is 2.67. The first-order valence-electron chi connectivity index (χ1n) is 8.05. The van der Waals surface area contributed by atoms with Gasteiger partial charge in [0.15, 0.2) is 6.29 Å². The number of allylic oxidation sites excluding steroid dienone is 1. The quantitative estimate of drug-likeness (QED) is 0.663. The van der Waals surface area contributed by atoms with E-state index in [0.29, 0.717) is 13.2 Å². The molecule has 0 spiro atoms. The van der Waals surface area contributed by atoms with Gasteiger partial charge in [-0.25, -0.2) is 0 Å². The van der Waals surface area contributed by atoms with E-state index in [1.54, 1.807) is 0 Å². The lowest BCUT2D eigenvalue weighted by molar-refractivity contribution is -0.138. The molecule has 0 atom stereocenters. The SMILES string of the molecule is CCOC(CC/C(C1=NC(C)(C)CC1)=C(\C)CO)OCC. The number of ether oxygens (including phenoxy) is 2. The van der Waals surface area contributed by atoms with Crippen molar-refractivity contribution in [1.29, 1.82) is 0 Å². The van der Waals surface area contributed by atoms with Crippen LogP contribution in [0, 0.1) is 0 Å². The average Bonchev–Trinajstić information content (AvgIpc) is 2.79. The van der Waals surface area contributed by atoms with Crippen molar-refractivity contribution in [2.45, 2.75) is 72.1 Å². The molecule has 1 N–H and O–H groups in total. The average molecular weight is 297 g/mol. The van der Waals surface area contributed by atoms with Crippen LogP contribution in [0.1, 0.15) is 60.3 Å². The summed E-state index contributed by atoms with van der Waals surface area (Å²) in [5.41, 5.74) is 3.37. The van der Waals surface area contributed by atoms with Crippen molar-refractivity contribution in [1.82, 2.24) is 0 Å². The van der Waals surface area contributed by atoms with Gasteiger partial charge in [0.25, 0.3) is 0 Å². The maximum atomic E-state index is 9.49. The van der Waals surface area contributed by atoms with Crippen LogP contribution in [0.3, 0.4) is 0 Å². The van der Waals surface area contributed by atoms with Crippen LogP contribution in [0.4, 0.5) is 0 Å². The zero-order valence-electron chi connectivity index (χ0n) is 14.2. The van der Waals surface area contributed by atoms with E-state index < -0.39 is 0 Å². The van der Waals surface area contributed by atoms with Gasteiger partial charge in [0.05, 0.1) is 12.1 Å². The first-order valence-corrected chi connectivity index (χ1v) is 8.05. The fourth-order valence-electron chi connectivity index (χ4n) is 2.67. The highest BCUT2D eigenvalue weighted by Crippen LogP contribution is 2.30. The predicted molar refractivity (Wildman–Crippen MR) is 86.8 cm³/mol. The van der Waals surface area contributed by atoms with Crippen molar-refractivity contribution in [2.75, 3.05) is 19.8 Å². The number of hydrogen-bond donors (Lipinski definition) is 1. The highest BCUT2D eigenvalue weighted by Gasteiger charge is 2.27. The van der Waals surface area contributed by atoms with Gasteiger partial charge in [-0.1, -0.05) is 0 Å². The summed E-state index contributed by atoms with van der Waals surface area (Å²) in [6, 6.07) is 0. The molecule has 0 aliphatic carbocycles. The third-order valence-electron chi connectivity index (χ3n) is 3.85. The Bertz CT molecular complexity index is 379. The highest BCUT2D eigenvalue weighted by atomic mass is 16.7. The maximum absolute atomic E-state index is 9.49. The summed E-state index contributed by atoms with van der Waals surface area (Å²) in [6.07, 6.45) is 3.54. The molecule has 0 aromatic carbocycles. The minimum Gasteiger partial charge on any atom is -0.392 e. The van der Waals surface area contributed by atoms with Crippen LogP contribution in [-0.2, 0) is 9.47 Å². The number of aliphatic hydroxyl groups is 1. The molecule has 1 aliphatic rings. The summed E-state index contributed by atoms with van der Waals surface area (Å²) >= 11 is 0. The van der Waals surface area contributed by atoms with Crippen LogP contribution in [0.25, 0.3) is 0 Å². The van der Waals surface area contributed by atoms with E-state index in [1.807, 2.05) is 20.8 Å². The number of rotatable bonds is 9. The third-order valence-corrected chi connectivity index (χ3v) is 3.85. The molecule has 4 nitrogen and oxygen atoms in total. The molecule has 122 valence electrons. The third kappa shape index (κ3) is 5.89. The van der Waals surface area contributed by atoms with Crippen LogP contribution >= 0.6 is 0 Å². The lowest BCUT2D eigenvalue weighted by atomic mass is 9.96. The molecule has 0 unspecified atom stereocenters. The summed E-state index contributed by atoms with van der Waals surface area (Å²) in [7, 11) is 0. The van der Waals surface area contributed by atoms with E-state index in [4.69, 9.17) is 14.5 Å². The Kier molecular flexibility index (Phi) is 7.57. The lowest BCUT2D eigenvalue weighted by Gasteiger charge is -2.19. The van der Waals surface area contributed by atoms with E-state index in [2.05, 4.69) is 13.8 Å². The highest BCUT2D eigenvalue weighted by molar-refractivity contribution is 6.02. The van der Waals surface area contributed by atoms with Crippen molar-refractivity contribution in [2.24, 2.45) is 4.99 Å². The van der Waals surface area contributed by atoms with Crippen molar-refractivity contribution >= 4 is 5.71 Å². The number of aliphatic imine (C=N–C) groups is 1. The summed E-state index contributed by atoms with van der Waals surface area (Å²) in [4.78, 5) is 4.83. The van der Waals surface area contributed by atoms with Crippen LogP contribution in [0.15, 0.2) is 16.1 Å². The molecule has 0 saturated heterocycles. The Balaban J connectivity index is 2.77. The molecular weight excluding hydrogens is 266 g/mol. The second-order valence-corrected chi connectivity index (χ2v) is 6.17. The monoisotopic (exact) mass is 297 g/mol. The summed E-state index contributed by atoms with van der Waals surface area (Å²) in [5, 5.41) is 9.49. The Morgan fingerprint density at radius 2 is 1.90 bits per heavy atom. The lowest BCUT2D eigenvalue weighted by Crippen LogP contribution is -2.18. The summed E-state index contributed by atoms with van der Waals surface area (Å²) in [6.45, 7) is 11.6. The normalized spacial score (nSPS) is 18.9. The molecule has 0 fully saturated rings. The zero-order chi connectivity index (χ0) is 15.9. The number of hydrogen-bond acceptors (Lipinski definition) is 4. The summed E-state index contributed by atoms with van der Waals surface area (Å²) < 4.78 is 11.2. The molecule has 0 amide bonds. The van der Waals surface area contributed by atoms with Crippen molar-refractivity contribution in [3.05, 3.63) is 11.1 Å². The minimum atomic E-state index is -0.170. The largest absolute Gasteiger partial charge is 0.392 e. The van der Waals surface area contributed by atoms with Gasteiger partial charge in [-0.3, -0.25) is 4.99 Å². The summed E-state index contributed by atoms with van der Waals surface area (Å²) in [5.74, 6) is 0. The topological polar surface area (TPSA) is 51.0 Å². The van der Waals surface area contributed by atoms with Gasteiger partial charge in [-0.2, -0.15) is 0 Å². The number of nitrogens with zero attached hydrogens (tertiary/aromatic N) is 1. The minimum absolute atomic E-state index is 0.0234. The van der Waals surface area contributed by atoms with E-state index >= 15 is 0 Å². The van der Waals surface area contributed by atoms with Gasteiger partial charge in [0.2, 0.25) is 0 Å². The molecule has 0 saturated carbocycles. The molecule has 1 aliphatic heterocycles. The van der Waals surface area contributed by atoms with Crippen LogP contribution in [0.5, 0.6) is 0 Å². The Hall–Kier alpha value is -0.710. The molecule has 0 aromatic heterocycles. The van der Waals surface area contributed by atoms with Gasteiger partial charge in [0.1, 0.15) is 0 Å². The van der Waals surface area contributed by atoms with Crippen molar-refractivity contribution in [3.8, 4) is 0 Å². The van der Waals surface area contributed by atoms with E-state index in [-0.39, 0.29) is 18.4 Å². The molecule has 21 heavy (non-hydrogen) atoms. The van der Waals surface area contributed by atoms with Gasteiger partial charge < -0.3 is 14.6 Å². The first-order chi connectivity index (χ1) is 9.93. The van der Waals surface area contributed by atoms with E-state index in [0.717, 1.165) is 37.0 Å². The van der Waals surface area contributed by atoms with Crippen molar-refractivity contribution in [3.63, 3.8) is 0 Å². The van der Waals surface area contributed by atoms with Gasteiger partial charge in [-0.05, 0) is 65.0 Å². The molecule has 0 aromatic rings. The van der Waals surface area contributed by atoms with Gasteiger partial charge in [0, 0.05) is 25.3 Å². The smallest absolute Gasteiger partial charge is 0.157 e. The second kappa shape index (κ2) is 8.66. The maximum Gasteiger partial charge on any atom is 0.157 e. The molecule has 0 bridgehead atoms. The Labute approximate surface area is 129 Å². The van der Waals surface area contributed by atoms with Gasteiger partial charge in [-0.15, -0.1) is 0 Å². The second-order valence-electron chi connectivity index (χ2n) is 6.17. The molecule has 1 heterocycles. The van der Waals surface area contributed by atoms with Crippen molar-refractivity contribution < 1.29 is 14.6 Å². The van der Waals surface area contributed by atoms with E-state index in [9.17, 15) is 5.11 Å². The zero-order valence-corrected chi connectivity index (χ0v) is 14.2. The molecular formula is C17H31NO3. The molecule has 0 radical (unpaired) electrons. The Morgan fingerprint density at radius 1 is 1.29 bits per heavy atom.